The second-order valence-corrected chi connectivity index (χ2v) is 5.92. The number of amides is 1. The molecule has 3 nitrogen and oxygen atoms in total. The van der Waals surface area contributed by atoms with Crippen molar-refractivity contribution < 1.29 is 4.79 Å². The molecule has 0 saturated carbocycles. The van der Waals surface area contributed by atoms with Gasteiger partial charge in [0, 0.05) is 24.0 Å². The summed E-state index contributed by atoms with van der Waals surface area (Å²) in [4.78, 5) is 15.1. The third-order valence-corrected chi connectivity index (χ3v) is 4.47. The first-order valence-corrected chi connectivity index (χ1v) is 7.36. The van der Waals surface area contributed by atoms with Crippen molar-refractivity contribution >= 4 is 17.7 Å². The number of likely N-dealkylation sites (tertiary alicyclic amines) is 1. The molecule has 1 amide bonds. The smallest absolute Gasteiger partial charge is 0.232 e. The largest absolute Gasteiger partial charge is 0.340 e. The Balaban J connectivity index is 1.82. The molecule has 1 aromatic carbocycles. The first-order valence-electron chi connectivity index (χ1n) is 6.38. The molecule has 4 heteroatoms. The molecule has 0 aromatic heterocycles. The summed E-state index contributed by atoms with van der Waals surface area (Å²) in [5, 5.41) is 0. The van der Waals surface area contributed by atoms with Crippen LogP contribution in [0.2, 0.25) is 0 Å². The molecule has 2 N–H and O–H groups in total. The fraction of sp³-hybridized carbons (Fsp3) is 0.500. The monoisotopic (exact) mass is 264 g/mol. The van der Waals surface area contributed by atoms with E-state index < -0.39 is 0 Å². The topological polar surface area (TPSA) is 46.3 Å². The Bertz CT molecular complexity index is 396. The van der Waals surface area contributed by atoms with Gasteiger partial charge in [-0.3, -0.25) is 4.79 Å². The minimum Gasteiger partial charge on any atom is -0.340 e. The van der Waals surface area contributed by atoms with Gasteiger partial charge < -0.3 is 10.6 Å². The second-order valence-electron chi connectivity index (χ2n) is 4.87. The third-order valence-electron chi connectivity index (χ3n) is 3.47. The number of benzene rings is 1. The normalized spacial score (nSPS) is 24.0. The van der Waals surface area contributed by atoms with Crippen LogP contribution < -0.4 is 5.73 Å². The number of rotatable bonds is 3. The van der Waals surface area contributed by atoms with E-state index >= 15 is 0 Å². The van der Waals surface area contributed by atoms with Crippen LogP contribution in [0.3, 0.4) is 0 Å². The van der Waals surface area contributed by atoms with Gasteiger partial charge in [0.25, 0.3) is 0 Å². The molecule has 2 atom stereocenters. The molecular weight excluding hydrogens is 244 g/mol. The summed E-state index contributed by atoms with van der Waals surface area (Å²) in [6.07, 6.45) is 1.02. The van der Waals surface area contributed by atoms with E-state index in [4.69, 9.17) is 5.73 Å². The molecule has 0 radical (unpaired) electrons. The molecule has 1 aliphatic heterocycles. The van der Waals surface area contributed by atoms with Crippen molar-refractivity contribution in [3.8, 4) is 0 Å². The summed E-state index contributed by atoms with van der Waals surface area (Å²) in [6, 6.07) is 10.2. The van der Waals surface area contributed by atoms with Crippen LogP contribution in [0.15, 0.2) is 35.2 Å². The lowest BCUT2D eigenvalue weighted by Crippen LogP contribution is -2.50. The third kappa shape index (κ3) is 3.50. The van der Waals surface area contributed by atoms with Gasteiger partial charge in [-0.2, -0.15) is 0 Å². The van der Waals surface area contributed by atoms with E-state index in [-0.39, 0.29) is 11.9 Å². The molecule has 1 fully saturated rings. The minimum atomic E-state index is 0.129. The Kier molecular flexibility index (Phi) is 4.66. The van der Waals surface area contributed by atoms with Crippen molar-refractivity contribution in [1.29, 1.82) is 0 Å². The first-order chi connectivity index (χ1) is 8.66. The predicted octanol–water partition coefficient (Wildman–Crippen LogP) is 1.97. The summed E-state index contributed by atoms with van der Waals surface area (Å²) in [5.41, 5.74) is 6.01. The van der Waals surface area contributed by atoms with E-state index in [2.05, 4.69) is 6.92 Å². The average Bonchev–Trinajstić information content (AvgIpc) is 2.40. The molecule has 98 valence electrons. The van der Waals surface area contributed by atoms with Crippen molar-refractivity contribution in [2.24, 2.45) is 11.7 Å². The van der Waals surface area contributed by atoms with Gasteiger partial charge >= 0.3 is 0 Å². The highest BCUT2D eigenvalue weighted by molar-refractivity contribution is 8.00. The first kappa shape index (κ1) is 13.4. The second kappa shape index (κ2) is 6.25. The average molecular weight is 264 g/mol. The van der Waals surface area contributed by atoms with Crippen LogP contribution in [-0.4, -0.2) is 35.7 Å². The number of piperidine rings is 1. The van der Waals surface area contributed by atoms with Crippen LogP contribution >= 0.6 is 11.8 Å². The number of carbonyl (C=O) groups excluding carboxylic acids is 1. The van der Waals surface area contributed by atoms with Gasteiger partial charge in [0.15, 0.2) is 0 Å². The zero-order chi connectivity index (χ0) is 13.0. The standard InChI is InChI=1S/C14H20N2OS/c1-11-7-8-16(9-13(11)15)14(17)10-18-12-5-3-2-4-6-12/h2-6,11,13H,7-10,15H2,1H3. The molecule has 0 spiro atoms. The molecular formula is C14H20N2OS. The Morgan fingerprint density at radius 1 is 1.44 bits per heavy atom. The Morgan fingerprint density at radius 2 is 2.17 bits per heavy atom. The number of carbonyl (C=O) groups is 1. The zero-order valence-corrected chi connectivity index (χ0v) is 11.5. The van der Waals surface area contributed by atoms with Crippen molar-refractivity contribution in [3.63, 3.8) is 0 Å². The maximum absolute atomic E-state index is 12.1. The van der Waals surface area contributed by atoms with E-state index in [9.17, 15) is 4.79 Å². The zero-order valence-electron chi connectivity index (χ0n) is 10.7. The predicted molar refractivity (Wildman–Crippen MR) is 75.5 cm³/mol. The van der Waals surface area contributed by atoms with Gasteiger partial charge in [-0.15, -0.1) is 11.8 Å². The maximum atomic E-state index is 12.1. The molecule has 0 bridgehead atoms. The van der Waals surface area contributed by atoms with Gasteiger partial charge in [0.2, 0.25) is 5.91 Å². The van der Waals surface area contributed by atoms with Crippen molar-refractivity contribution in [3.05, 3.63) is 30.3 Å². The Hall–Kier alpha value is -1.00. The molecule has 18 heavy (non-hydrogen) atoms. The number of thioether (sulfide) groups is 1. The van der Waals surface area contributed by atoms with Gasteiger partial charge in [0.1, 0.15) is 0 Å². The van der Waals surface area contributed by atoms with Crippen LogP contribution in [0.25, 0.3) is 0 Å². The fourth-order valence-electron chi connectivity index (χ4n) is 2.08. The fourth-order valence-corrected chi connectivity index (χ4v) is 2.90. The molecule has 1 aromatic rings. The number of hydrogen-bond donors (Lipinski definition) is 1. The quantitative estimate of drug-likeness (QED) is 0.849. The lowest BCUT2D eigenvalue weighted by atomic mass is 9.94. The van der Waals surface area contributed by atoms with E-state index in [1.54, 1.807) is 11.8 Å². The van der Waals surface area contributed by atoms with Crippen molar-refractivity contribution in [1.82, 2.24) is 4.90 Å². The molecule has 2 unspecified atom stereocenters. The maximum Gasteiger partial charge on any atom is 0.232 e. The van der Waals surface area contributed by atoms with Crippen LogP contribution in [0, 0.1) is 5.92 Å². The van der Waals surface area contributed by atoms with Gasteiger partial charge in [-0.1, -0.05) is 25.1 Å². The molecule has 1 saturated heterocycles. The van der Waals surface area contributed by atoms with Gasteiger partial charge in [0.05, 0.1) is 5.75 Å². The van der Waals surface area contributed by atoms with Crippen molar-refractivity contribution in [2.45, 2.75) is 24.3 Å². The van der Waals surface area contributed by atoms with Crippen molar-refractivity contribution in [2.75, 3.05) is 18.8 Å². The van der Waals surface area contributed by atoms with Crippen LogP contribution in [0.4, 0.5) is 0 Å². The minimum absolute atomic E-state index is 0.129. The number of hydrogen-bond acceptors (Lipinski definition) is 3. The van der Waals surface area contributed by atoms with Gasteiger partial charge in [-0.25, -0.2) is 0 Å². The summed E-state index contributed by atoms with van der Waals surface area (Å²) in [7, 11) is 0. The Labute approximate surface area is 113 Å². The van der Waals surface area contributed by atoms with E-state index in [0.29, 0.717) is 18.2 Å². The summed E-state index contributed by atoms with van der Waals surface area (Å²) in [6.45, 7) is 3.71. The van der Waals surface area contributed by atoms with Crippen LogP contribution in [0.5, 0.6) is 0 Å². The lowest BCUT2D eigenvalue weighted by Gasteiger charge is -2.35. The summed E-state index contributed by atoms with van der Waals surface area (Å²) < 4.78 is 0. The van der Waals surface area contributed by atoms with E-state index in [1.807, 2.05) is 35.2 Å². The summed E-state index contributed by atoms with van der Waals surface area (Å²) in [5.74, 6) is 1.23. The molecule has 2 rings (SSSR count). The molecule has 1 heterocycles. The van der Waals surface area contributed by atoms with Crippen LogP contribution in [-0.2, 0) is 4.79 Å². The molecule has 1 aliphatic rings. The number of nitrogens with zero attached hydrogens (tertiary/aromatic N) is 1. The highest BCUT2D eigenvalue weighted by atomic mass is 32.2. The summed E-state index contributed by atoms with van der Waals surface area (Å²) >= 11 is 1.59. The van der Waals surface area contributed by atoms with E-state index in [1.165, 1.54) is 0 Å². The van der Waals surface area contributed by atoms with E-state index in [0.717, 1.165) is 17.9 Å². The van der Waals surface area contributed by atoms with Crippen LogP contribution in [0.1, 0.15) is 13.3 Å². The Morgan fingerprint density at radius 3 is 2.83 bits per heavy atom. The lowest BCUT2D eigenvalue weighted by molar-refractivity contribution is -0.130. The van der Waals surface area contributed by atoms with Gasteiger partial charge in [-0.05, 0) is 24.5 Å². The number of nitrogens with two attached hydrogens (primary N) is 1. The SMILES string of the molecule is CC1CCN(C(=O)CSc2ccccc2)CC1N. The highest BCUT2D eigenvalue weighted by Gasteiger charge is 2.25. The highest BCUT2D eigenvalue weighted by Crippen LogP contribution is 2.20. The molecule has 0 aliphatic carbocycles.